The Morgan fingerprint density at radius 3 is 2.35 bits per heavy atom. The van der Waals surface area contributed by atoms with Crippen molar-refractivity contribution in [2.75, 3.05) is 13.2 Å². The van der Waals surface area contributed by atoms with Crippen LogP contribution in [0.15, 0.2) is 48.0 Å². The molecule has 0 bridgehead atoms. The molecule has 2 N–H and O–H groups in total. The van der Waals surface area contributed by atoms with Gasteiger partial charge in [-0.3, -0.25) is 0 Å². The Morgan fingerprint density at radius 2 is 1.69 bits per heavy atom. The molecule has 0 fully saturated rings. The maximum atomic E-state index is 12.5. The van der Waals surface area contributed by atoms with E-state index in [-0.39, 0.29) is 17.7 Å². The van der Waals surface area contributed by atoms with Gasteiger partial charge >= 0.3 is 5.97 Å². The minimum absolute atomic E-state index is 0.0302. The van der Waals surface area contributed by atoms with Crippen LogP contribution in [0, 0.1) is 22.7 Å². The normalized spacial score (nSPS) is 12.4. The van der Waals surface area contributed by atoms with E-state index in [0.717, 1.165) is 5.56 Å². The summed E-state index contributed by atoms with van der Waals surface area (Å²) in [5.41, 5.74) is 3.37. The molecule has 26 heavy (non-hydrogen) atoms. The number of ether oxygens (including phenoxy) is 1. The van der Waals surface area contributed by atoms with Crippen LogP contribution in [0.3, 0.4) is 0 Å². The highest BCUT2D eigenvalue weighted by atomic mass is 16.5. The first kappa shape index (κ1) is 17.4. The Balaban J connectivity index is 2.17. The van der Waals surface area contributed by atoms with Crippen LogP contribution in [0.25, 0.3) is 16.7 Å². The maximum Gasteiger partial charge on any atom is 0.338 e. The van der Waals surface area contributed by atoms with E-state index in [9.17, 15) is 20.4 Å². The van der Waals surface area contributed by atoms with Crippen molar-refractivity contribution in [3.63, 3.8) is 0 Å². The van der Waals surface area contributed by atoms with Gasteiger partial charge in [-0.1, -0.05) is 36.4 Å². The highest BCUT2D eigenvalue weighted by Crippen LogP contribution is 2.47. The number of carbonyl (C=O) groups is 1. The number of aliphatic hydroxyl groups excluding tert-OH is 2. The van der Waals surface area contributed by atoms with Crippen LogP contribution in [-0.4, -0.2) is 35.5 Å². The summed E-state index contributed by atoms with van der Waals surface area (Å²) in [6.07, 6.45) is -1.15. The van der Waals surface area contributed by atoms with E-state index in [4.69, 9.17) is 9.84 Å². The third-order valence-corrected chi connectivity index (χ3v) is 4.11. The third-order valence-electron chi connectivity index (χ3n) is 4.11. The third kappa shape index (κ3) is 2.84. The van der Waals surface area contributed by atoms with E-state index < -0.39 is 18.7 Å². The summed E-state index contributed by atoms with van der Waals surface area (Å²) < 4.78 is 5.07. The second-order valence-electron chi connectivity index (χ2n) is 5.68. The molecule has 6 heteroatoms. The van der Waals surface area contributed by atoms with Crippen molar-refractivity contribution in [1.82, 2.24) is 0 Å². The summed E-state index contributed by atoms with van der Waals surface area (Å²) in [4.78, 5) is 12.5. The number of hydrogen-bond donors (Lipinski definition) is 2. The van der Waals surface area contributed by atoms with Crippen molar-refractivity contribution in [1.29, 1.82) is 10.5 Å². The van der Waals surface area contributed by atoms with Crippen LogP contribution in [0.1, 0.15) is 21.5 Å². The predicted molar refractivity (Wildman–Crippen MR) is 92.5 cm³/mol. The van der Waals surface area contributed by atoms with Crippen LogP contribution in [-0.2, 0) is 4.74 Å². The van der Waals surface area contributed by atoms with Gasteiger partial charge in [0.1, 0.15) is 30.4 Å². The number of esters is 1. The van der Waals surface area contributed by atoms with Crippen molar-refractivity contribution >= 4 is 11.5 Å². The molecule has 0 spiro atoms. The molecule has 0 amide bonds. The Bertz CT molecular complexity index is 980. The highest BCUT2D eigenvalue weighted by molar-refractivity contribution is 6.10. The highest BCUT2D eigenvalue weighted by Gasteiger charge is 2.30. The van der Waals surface area contributed by atoms with Crippen molar-refractivity contribution in [2.45, 2.75) is 6.10 Å². The molecule has 0 radical (unpaired) electrons. The minimum atomic E-state index is -1.15. The van der Waals surface area contributed by atoms with E-state index in [1.165, 1.54) is 0 Å². The fourth-order valence-corrected chi connectivity index (χ4v) is 2.99. The molecule has 1 atom stereocenters. The fourth-order valence-electron chi connectivity index (χ4n) is 2.99. The van der Waals surface area contributed by atoms with E-state index in [1.807, 2.05) is 24.3 Å². The van der Waals surface area contributed by atoms with Gasteiger partial charge in [0.2, 0.25) is 0 Å². The molecule has 6 nitrogen and oxygen atoms in total. The number of allylic oxidation sites excluding steroid dienone is 1. The smallest absolute Gasteiger partial charge is 0.338 e. The first-order valence-electron chi connectivity index (χ1n) is 7.86. The zero-order valence-electron chi connectivity index (χ0n) is 13.6. The summed E-state index contributed by atoms with van der Waals surface area (Å²) in [6.45, 7) is -0.839. The molecule has 1 aliphatic rings. The lowest BCUT2D eigenvalue weighted by molar-refractivity contribution is 0.00939. The van der Waals surface area contributed by atoms with Gasteiger partial charge < -0.3 is 14.9 Å². The fraction of sp³-hybridized carbons (Fsp3) is 0.150. The van der Waals surface area contributed by atoms with Gasteiger partial charge in [-0.25, -0.2) is 4.79 Å². The molecule has 0 aromatic heterocycles. The first-order chi connectivity index (χ1) is 12.6. The topological polar surface area (TPSA) is 114 Å². The molecular formula is C20H14N2O4. The number of hydrogen-bond acceptors (Lipinski definition) is 6. The Hall–Kier alpha value is -3.45. The quantitative estimate of drug-likeness (QED) is 0.552. The summed E-state index contributed by atoms with van der Waals surface area (Å²) in [7, 11) is 0. The predicted octanol–water partition coefficient (Wildman–Crippen LogP) is 2.03. The van der Waals surface area contributed by atoms with Crippen LogP contribution >= 0.6 is 0 Å². The Morgan fingerprint density at radius 1 is 1.04 bits per heavy atom. The standard InChI is InChI=1S/C20H14N2O4/c21-8-12(9-22)18-14-4-1-2-5-15(14)19-16(18)6-3-7-17(19)20(25)26-11-13(24)10-23/h1-7,13,23-24H,10-11H2. The number of benzene rings is 2. The molecule has 3 rings (SSSR count). The monoisotopic (exact) mass is 346 g/mol. The molecule has 1 aliphatic carbocycles. The van der Waals surface area contributed by atoms with Gasteiger partial charge in [-0.05, 0) is 22.8 Å². The molecule has 0 aliphatic heterocycles. The van der Waals surface area contributed by atoms with E-state index in [1.54, 1.807) is 30.3 Å². The van der Waals surface area contributed by atoms with Gasteiger partial charge in [-0.15, -0.1) is 0 Å². The van der Waals surface area contributed by atoms with Crippen LogP contribution in [0.4, 0.5) is 0 Å². The molecule has 128 valence electrons. The summed E-state index contributed by atoms with van der Waals surface area (Å²) in [6, 6.07) is 16.0. The number of rotatable bonds is 4. The van der Waals surface area contributed by atoms with Gasteiger partial charge in [0.05, 0.1) is 12.2 Å². The zero-order chi connectivity index (χ0) is 18.7. The van der Waals surface area contributed by atoms with Crippen molar-refractivity contribution in [3.05, 3.63) is 64.7 Å². The van der Waals surface area contributed by atoms with Crippen LogP contribution in [0.2, 0.25) is 0 Å². The van der Waals surface area contributed by atoms with Gasteiger partial charge in [-0.2, -0.15) is 10.5 Å². The lowest BCUT2D eigenvalue weighted by atomic mass is 9.97. The molecule has 0 saturated heterocycles. The number of carbonyl (C=O) groups excluding carboxylic acids is 1. The molecule has 2 aromatic rings. The molecular weight excluding hydrogens is 332 g/mol. The SMILES string of the molecule is N#CC(C#N)=C1c2ccccc2-c2c(C(=O)OCC(O)CO)cccc21. The molecule has 2 aromatic carbocycles. The largest absolute Gasteiger partial charge is 0.459 e. The molecule has 0 heterocycles. The van der Waals surface area contributed by atoms with Gasteiger partial charge in [0.15, 0.2) is 0 Å². The van der Waals surface area contributed by atoms with Crippen LogP contribution in [0.5, 0.6) is 0 Å². The molecule has 0 saturated carbocycles. The van der Waals surface area contributed by atoms with Crippen molar-refractivity contribution in [2.24, 2.45) is 0 Å². The minimum Gasteiger partial charge on any atom is -0.459 e. The van der Waals surface area contributed by atoms with E-state index in [2.05, 4.69) is 0 Å². The number of aliphatic hydroxyl groups is 2. The zero-order valence-corrected chi connectivity index (χ0v) is 13.6. The lowest BCUT2D eigenvalue weighted by Gasteiger charge is -2.11. The van der Waals surface area contributed by atoms with Gasteiger partial charge in [0.25, 0.3) is 0 Å². The van der Waals surface area contributed by atoms with Crippen molar-refractivity contribution < 1.29 is 19.7 Å². The summed E-state index contributed by atoms with van der Waals surface area (Å²) in [5, 5.41) is 36.9. The van der Waals surface area contributed by atoms with Gasteiger partial charge in [0, 0.05) is 11.1 Å². The average molecular weight is 346 g/mol. The lowest BCUT2D eigenvalue weighted by Crippen LogP contribution is -2.22. The molecule has 1 unspecified atom stereocenters. The van der Waals surface area contributed by atoms with Crippen LogP contribution < -0.4 is 0 Å². The average Bonchev–Trinajstić information content (AvgIpc) is 3.02. The number of nitriles is 2. The first-order valence-corrected chi connectivity index (χ1v) is 7.86. The second kappa shape index (κ2) is 7.20. The number of fused-ring (bicyclic) bond motifs is 3. The summed E-state index contributed by atoms with van der Waals surface area (Å²) in [5.74, 6) is -0.652. The van der Waals surface area contributed by atoms with E-state index in [0.29, 0.717) is 22.3 Å². The van der Waals surface area contributed by atoms with E-state index >= 15 is 0 Å². The second-order valence-corrected chi connectivity index (χ2v) is 5.68. The maximum absolute atomic E-state index is 12.5. The summed E-state index contributed by atoms with van der Waals surface area (Å²) >= 11 is 0. The van der Waals surface area contributed by atoms with Crippen molar-refractivity contribution in [3.8, 4) is 23.3 Å². The Labute approximate surface area is 149 Å². The Kier molecular flexibility index (Phi) is 4.81. The number of nitrogens with zero attached hydrogens (tertiary/aromatic N) is 2.